The van der Waals surface area contributed by atoms with E-state index < -0.39 is 0 Å². The Bertz CT molecular complexity index is 41.9. The van der Waals surface area contributed by atoms with Gasteiger partial charge in [-0.15, -0.1) is 13.8 Å². The van der Waals surface area contributed by atoms with Crippen LogP contribution in [0.3, 0.4) is 0 Å². The van der Waals surface area contributed by atoms with Crippen LogP contribution in [0.2, 0.25) is 0 Å². The predicted octanol–water partition coefficient (Wildman–Crippen LogP) is 1.78. The Morgan fingerprint density at radius 1 is 1.50 bits per heavy atom. The van der Waals surface area contributed by atoms with E-state index in [1.54, 1.807) is 0 Å². The first-order valence-corrected chi connectivity index (χ1v) is 1.70. The van der Waals surface area contributed by atoms with Crippen LogP contribution in [0, 0.1) is 6.92 Å². The number of rotatable bonds is 0. The third-order valence-corrected chi connectivity index (χ3v) is 0.408. The van der Waals surface area contributed by atoms with E-state index in [1.807, 2.05) is 19.9 Å². The summed E-state index contributed by atoms with van der Waals surface area (Å²) in [6.45, 7) is 7.56. The van der Waals surface area contributed by atoms with Gasteiger partial charge in [0.05, 0.1) is 0 Å². The van der Waals surface area contributed by atoms with Crippen molar-refractivity contribution in [3.63, 3.8) is 0 Å². The Balaban J connectivity index is 0. The number of hydrogen-bond donors (Lipinski definition) is 0. The summed E-state index contributed by atoms with van der Waals surface area (Å²) in [4.78, 5) is 0. The first-order valence-electron chi connectivity index (χ1n) is 1.70. The topological polar surface area (TPSA) is 0 Å². The van der Waals surface area contributed by atoms with E-state index in [4.69, 9.17) is 0 Å². The molecule has 0 N–H and O–H groups in total. The molecule has 0 fully saturated rings. The summed E-state index contributed by atoms with van der Waals surface area (Å²) in [6, 6.07) is 0. The molecular weight excluding hydrogens is 151 g/mol. The molecule has 0 aromatic carbocycles. The molecule has 0 aliphatic heterocycles. The Morgan fingerprint density at radius 3 is 1.67 bits per heavy atom. The second kappa shape index (κ2) is 5.49. The van der Waals surface area contributed by atoms with Crippen molar-refractivity contribution in [1.29, 1.82) is 0 Å². The summed E-state index contributed by atoms with van der Waals surface area (Å²) < 4.78 is 0. The minimum atomic E-state index is 0. The normalized spacial score (nSPS) is 5.67. The minimum absolute atomic E-state index is 0. The molecule has 0 spiro atoms. The predicted molar refractivity (Wildman–Crippen MR) is 24.8 cm³/mol. The Morgan fingerprint density at radius 2 is 1.67 bits per heavy atom. The summed E-state index contributed by atoms with van der Waals surface area (Å²) in [6.07, 6.45) is 1.83. The van der Waals surface area contributed by atoms with Gasteiger partial charge in [0.15, 0.2) is 0 Å². The largest absolute Gasteiger partial charge is 0.245 e. The molecule has 0 aromatic rings. The molecule has 0 aromatic heterocycles. The van der Waals surface area contributed by atoms with Gasteiger partial charge in [0.1, 0.15) is 0 Å². The molecule has 0 bridgehead atoms. The zero-order valence-corrected chi connectivity index (χ0v) is 6.74. The number of allylic oxidation sites excluding steroid dienone is 2. The van der Waals surface area contributed by atoms with Crippen molar-refractivity contribution in [2.75, 3.05) is 0 Å². The van der Waals surface area contributed by atoms with Crippen LogP contribution in [0.15, 0.2) is 11.6 Å². The van der Waals surface area contributed by atoms with Crippen LogP contribution in [0.4, 0.5) is 0 Å². The second-order valence-corrected chi connectivity index (χ2v) is 1.28. The van der Waals surface area contributed by atoms with Crippen molar-refractivity contribution in [2.24, 2.45) is 0 Å². The van der Waals surface area contributed by atoms with Crippen LogP contribution in [0.1, 0.15) is 13.8 Å². The molecule has 0 atom stereocenters. The molecule has 0 aliphatic carbocycles. The van der Waals surface area contributed by atoms with Crippen molar-refractivity contribution in [2.45, 2.75) is 13.8 Å². The van der Waals surface area contributed by atoms with E-state index in [2.05, 4.69) is 6.92 Å². The van der Waals surface area contributed by atoms with E-state index >= 15 is 0 Å². The maximum absolute atomic E-state index is 3.52. The summed E-state index contributed by atoms with van der Waals surface area (Å²) in [5, 5.41) is 0. The van der Waals surface area contributed by atoms with E-state index in [0.717, 1.165) is 0 Å². The molecule has 0 unspecified atom stereocenters. The van der Waals surface area contributed by atoms with Gasteiger partial charge in [-0.2, -0.15) is 0 Å². The second-order valence-electron chi connectivity index (χ2n) is 1.28. The van der Waals surface area contributed by atoms with Crippen LogP contribution in [-0.2, 0) is 26.2 Å². The zero-order valence-electron chi connectivity index (χ0n) is 4.28. The molecule has 0 rings (SSSR count). The third kappa shape index (κ3) is 8.82. The third-order valence-electron chi connectivity index (χ3n) is 0.408. The van der Waals surface area contributed by atoms with Crippen molar-refractivity contribution in [3.8, 4) is 0 Å². The molecule has 0 heterocycles. The van der Waals surface area contributed by atoms with Crippen LogP contribution in [0.25, 0.3) is 0 Å². The van der Waals surface area contributed by atoms with Gasteiger partial charge < -0.3 is 0 Å². The molecule has 0 nitrogen and oxygen atoms in total. The quantitative estimate of drug-likeness (QED) is 0.474. The van der Waals surface area contributed by atoms with E-state index in [9.17, 15) is 0 Å². The van der Waals surface area contributed by atoms with E-state index in [1.165, 1.54) is 5.57 Å². The average molecular weight is 160 g/mol. The Hall–Kier alpha value is 0.493. The van der Waals surface area contributed by atoms with Gasteiger partial charge >= 0.3 is 0 Å². The standard InChI is InChI=1S/C5H9.Zr/c1-4-5(2)3;/h4H,1H2,2-3H3;/q-1;. The SMILES string of the molecule is [CH2-]C=C(C)C.[Zr]. The molecule has 0 saturated heterocycles. The van der Waals surface area contributed by atoms with Crippen LogP contribution < -0.4 is 0 Å². The van der Waals surface area contributed by atoms with E-state index in [-0.39, 0.29) is 26.2 Å². The zero-order chi connectivity index (χ0) is 4.28. The van der Waals surface area contributed by atoms with Crippen LogP contribution >= 0.6 is 0 Å². The monoisotopic (exact) mass is 159 g/mol. The summed E-state index contributed by atoms with van der Waals surface area (Å²) in [7, 11) is 0. The summed E-state index contributed by atoms with van der Waals surface area (Å²) in [5.41, 5.74) is 1.27. The fraction of sp³-hybridized carbons (Fsp3) is 0.400. The maximum atomic E-state index is 3.52. The van der Waals surface area contributed by atoms with Crippen LogP contribution in [0.5, 0.6) is 0 Å². The fourth-order valence-corrected chi connectivity index (χ4v) is 0. The molecule has 0 radical (unpaired) electrons. The van der Waals surface area contributed by atoms with Gasteiger partial charge in [-0.25, -0.2) is 18.6 Å². The van der Waals surface area contributed by atoms with E-state index in [0.29, 0.717) is 0 Å². The molecular formula is C5H9Zr-. The van der Waals surface area contributed by atoms with Crippen molar-refractivity contribution < 1.29 is 26.2 Å². The van der Waals surface area contributed by atoms with Crippen molar-refractivity contribution in [1.82, 2.24) is 0 Å². The summed E-state index contributed by atoms with van der Waals surface area (Å²) >= 11 is 0. The molecule has 6 heavy (non-hydrogen) atoms. The van der Waals surface area contributed by atoms with Gasteiger partial charge in [0, 0.05) is 26.2 Å². The maximum Gasteiger partial charge on any atom is 0 e. The fourth-order valence-electron chi connectivity index (χ4n) is 0. The van der Waals surface area contributed by atoms with Crippen molar-refractivity contribution >= 4 is 0 Å². The smallest absolute Gasteiger partial charge is 0 e. The first-order chi connectivity index (χ1) is 2.27. The molecule has 0 aliphatic rings. The summed E-state index contributed by atoms with van der Waals surface area (Å²) in [5.74, 6) is 0. The van der Waals surface area contributed by atoms with Gasteiger partial charge in [-0.05, 0) is 0 Å². The Labute approximate surface area is 58.8 Å². The molecule has 0 amide bonds. The van der Waals surface area contributed by atoms with Gasteiger partial charge in [-0.3, -0.25) is 0 Å². The van der Waals surface area contributed by atoms with Gasteiger partial charge in [-0.1, -0.05) is 0 Å². The minimum Gasteiger partial charge on any atom is -0.245 e. The average Bonchev–Trinajstić information content (AvgIpc) is 1.38. The van der Waals surface area contributed by atoms with Crippen LogP contribution in [-0.4, -0.2) is 0 Å². The molecule has 0 saturated carbocycles. The van der Waals surface area contributed by atoms with Gasteiger partial charge in [0.25, 0.3) is 0 Å². The van der Waals surface area contributed by atoms with Gasteiger partial charge in [0.2, 0.25) is 0 Å². The first kappa shape index (κ1) is 9.70. The Kier molecular flexibility index (Phi) is 8.89. The van der Waals surface area contributed by atoms with Crippen molar-refractivity contribution in [3.05, 3.63) is 18.6 Å². The molecule has 34 valence electrons. The number of hydrogen-bond acceptors (Lipinski definition) is 0. The molecule has 1 heteroatoms.